The number of amides is 2. The Balaban J connectivity index is 2.00. The Labute approximate surface area is 135 Å². The van der Waals surface area contributed by atoms with Crippen LogP contribution in [-0.2, 0) is 0 Å². The summed E-state index contributed by atoms with van der Waals surface area (Å²) >= 11 is 0. The molecule has 0 aromatic heterocycles. The first kappa shape index (κ1) is 17.2. The maximum Gasteiger partial charge on any atom is 0.317 e. The minimum atomic E-state index is -0.433. The second kappa shape index (κ2) is 7.92. The molecule has 0 saturated carbocycles. The molecule has 1 unspecified atom stereocenters. The summed E-state index contributed by atoms with van der Waals surface area (Å²) in [7, 11) is 0. The number of aliphatic hydroxyl groups excluding tert-OH is 1. The second-order valence-electron chi connectivity index (χ2n) is 5.88. The lowest BCUT2D eigenvalue weighted by Crippen LogP contribution is -2.45. The smallest absolute Gasteiger partial charge is 0.317 e. The van der Waals surface area contributed by atoms with E-state index in [1.165, 1.54) is 12.1 Å². The molecule has 7 nitrogen and oxygen atoms in total. The van der Waals surface area contributed by atoms with Crippen LogP contribution in [0.25, 0.3) is 0 Å². The molecule has 1 aromatic rings. The van der Waals surface area contributed by atoms with Gasteiger partial charge in [-0.15, -0.1) is 0 Å². The van der Waals surface area contributed by atoms with Crippen LogP contribution in [0.3, 0.4) is 0 Å². The van der Waals surface area contributed by atoms with Gasteiger partial charge >= 0.3 is 6.03 Å². The first-order chi connectivity index (χ1) is 11.0. The molecule has 0 bridgehead atoms. The van der Waals surface area contributed by atoms with Gasteiger partial charge in [0.05, 0.1) is 11.0 Å². The van der Waals surface area contributed by atoms with E-state index in [2.05, 4.69) is 5.32 Å². The van der Waals surface area contributed by atoms with E-state index in [9.17, 15) is 14.9 Å². The molecule has 1 aliphatic heterocycles. The largest absolute Gasteiger partial charge is 0.396 e. The van der Waals surface area contributed by atoms with Crippen LogP contribution in [0.15, 0.2) is 24.3 Å². The average molecular weight is 321 g/mol. The van der Waals surface area contributed by atoms with Gasteiger partial charge in [0.2, 0.25) is 0 Å². The van der Waals surface area contributed by atoms with Crippen molar-refractivity contribution in [1.82, 2.24) is 10.2 Å². The summed E-state index contributed by atoms with van der Waals surface area (Å²) in [6.07, 6.45) is 2.26. The van der Waals surface area contributed by atoms with E-state index in [0.29, 0.717) is 19.5 Å². The first-order valence-corrected chi connectivity index (χ1v) is 7.95. The van der Waals surface area contributed by atoms with Crippen molar-refractivity contribution >= 4 is 11.7 Å². The fraction of sp³-hybridized carbons (Fsp3) is 0.562. The first-order valence-electron chi connectivity index (χ1n) is 7.95. The van der Waals surface area contributed by atoms with E-state index in [-0.39, 0.29) is 30.3 Å². The third-order valence-electron chi connectivity index (χ3n) is 4.35. The van der Waals surface area contributed by atoms with Crippen molar-refractivity contribution in [3.63, 3.8) is 0 Å². The van der Waals surface area contributed by atoms with Crippen molar-refractivity contribution in [3.05, 3.63) is 39.9 Å². The monoisotopic (exact) mass is 321 g/mol. The number of nitrogens with zero attached hydrogens (tertiary/aromatic N) is 2. The lowest BCUT2D eigenvalue weighted by atomic mass is 9.98. The predicted molar refractivity (Wildman–Crippen MR) is 86.0 cm³/mol. The number of urea groups is 1. The Kier molecular flexibility index (Phi) is 5.92. The second-order valence-corrected chi connectivity index (χ2v) is 5.88. The van der Waals surface area contributed by atoms with Crippen molar-refractivity contribution in [1.29, 1.82) is 0 Å². The number of nitro benzene ring substituents is 1. The van der Waals surface area contributed by atoms with E-state index in [4.69, 9.17) is 5.11 Å². The fourth-order valence-corrected chi connectivity index (χ4v) is 2.84. The molecule has 1 saturated heterocycles. The minimum absolute atomic E-state index is 0.0268. The minimum Gasteiger partial charge on any atom is -0.396 e. The van der Waals surface area contributed by atoms with Gasteiger partial charge in [-0.1, -0.05) is 19.1 Å². The van der Waals surface area contributed by atoms with Crippen LogP contribution in [0.4, 0.5) is 10.5 Å². The van der Waals surface area contributed by atoms with Gasteiger partial charge < -0.3 is 15.3 Å². The zero-order chi connectivity index (χ0) is 16.8. The molecule has 0 spiro atoms. The highest BCUT2D eigenvalue weighted by molar-refractivity contribution is 5.74. The van der Waals surface area contributed by atoms with Gasteiger partial charge in [-0.2, -0.15) is 0 Å². The van der Waals surface area contributed by atoms with Crippen molar-refractivity contribution < 1.29 is 14.8 Å². The number of carbonyl (C=O) groups excluding carboxylic acids is 1. The molecule has 1 aromatic carbocycles. The Morgan fingerprint density at radius 3 is 2.74 bits per heavy atom. The van der Waals surface area contributed by atoms with Crippen LogP contribution in [0.2, 0.25) is 0 Å². The van der Waals surface area contributed by atoms with E-state index >= 15 is 0 Å². The summed E-state index contributed by atoms with van der Waals surface area (Å²) in [5.41, 5.74) is 0.763. The molecular formula is C16H23N3O4. The molecule has 7 heteroatoms. The molecule has 2 amide bonds. The molecule has 1 fully saturated rings. The molecule has 1 heterocycles. The topological polar surface area (TPSA) is 95.7 Å². The molecule has 2 rings (SSSR count). The molecular weight excluding hydrogens is 298 g/mol. The zero-order valence-corrected chi connectivity index (χ0v) is 13.3. The molecule has 1 aliphatic rings. The van der Waals surface area contributed by atoms with Crippen molar-refractivity contribution in [3.8, 4) is 0 Å². The number of benzene rings is 1. The van der Waals surface area contributed by atoms with E-state index in [1.807, 2.05) is 6.92 Å². The predicted octanol–water partition coefficient (Wildman–Crippen LogP) is 2.46. The van der Waals surface area contributed by atoms with Gasteiger partial charge in [-0.3, -0.25) is 10.1 Å². The maximum atomic E-state index is 12.4. The third kappa shape index (κ3) is 4.41. The van der Waals surface area contributed by atoms with Gasteiger partial charge in [0.25, 0.3) is 5.69 Å². The summed E-state index contributed by atoms with van der Waals surface area (Å²) in [4.78, 5) is 24.6. The Bertz CT molecular complexity index is 556. The quantitative estimate of drug-likeness (QED) is 0.643. The van der Waals surface area contributed by atoms with Crippen molar-refractivity contribution in [2.45, 2.75) is 32.2 Å². The van der Waals surface area contributed by atoms with Crippen molar-refractivity contribution in [2.24, 2.45) is 5.92 Å². The number of aliphatic hydroxyl groups is 1. The lowest BCUT2D eigenvalue weighted by molar-refractivity contribution is -0.384. The third-order valence-corrected chi connectivity index (χ3v) is 4.35. The van der Waals surface area contributed by atoms with E-state index in [0.717, 1.165) is 18.4 Å². The summed E-state index contributed by atoms with van der Waals surface area (Å²) in [6, 6.07) is 5.97. The fourth-order valence-electron chi connectivity index (χ4n) is 2.84. The highest BCUT2D eigenvalue weighted by Gasteiger charge is 2.24. The Morgan fingerprint density at radius 1 is 1.48 bits per heavy atom. The van der Waals surface area contributed by atoms with Crippen LogP contribution in [0.1, 0.15) is 37.8 Å². The summed E-state index contributed by atoms with van der Waals surface area (Å²) in [6.45, 7) is 3.35. The molecule has 0 radical (unpaired) electrons. The number of rotatable bonds is 5. The van der Waals surface area contributed by atoms with Crippen LogP contribution < -0.4 is 5.32 Å². The normalized spacial score (nSPS) is 16.9. The summed E-state index contributed by atoms with van der Waals surface area (Å²) < 4.78 is 0. The number of nitro groups is 1. The number of likely N-dealkylation sites (tertiary alicyclic amines) is 1. The number of non-ortho nitro benzene ring substituents is 1. The zero-order valence-electron chi connectivity index (χ0n) is 13.3. The van der Waals surface area contributed by atoms with E-state index < -0.39 is 4.92 Å². The highest BCUT2D eigenvalue weighted by Crippen LogP contribution is 2.23. The standard InChI is InChI=1S/C16H23N3O4/c1-2-15(13-4-3-5-14(10-13)19(22)23)17-16(21)18-8-6-12(11-20)7-9-18/h3-5,10,12,15,20H,2,6-9,11H2,1H3,(H,17,21). The van der Waals surface area contributed by atoms with Crippen LogP contribution >= 0.6 is 0 Å². The van der Waals surface area contributed by atoms with Gasteiger partial charge in [0.15, 0.2) is 0 Å². The molecule has 23 heavy (non-hydrogen) atoms. The van der Waals surface area contributed by atoms with E-state index in [1.54, 1.807) is 17.0 Å². The van der Waals surface area contributed by atoms with Crippen LogP contribution in [-0.4, -0.2) is 40.7 Å². The molecule has 0 aliphatic carbocycles. The molecule has 126 valence electrons. The summed E-state index contributed by atoms with van der Waals surface area (Å²) in [5, 5.41) is 23.0. The van der Waals surface area contributed by atoms with Crippen LogP contribution in [0.5, 0.6) is 0 Å². The SMILES string of the molecule is CCC(NC(=O)N1CCC(CO)CC1)c1cccc([N+](=O)[O-])c1. The molecule has 2 N–H and O–H groups in total. The van der Waals surface area contributed by atoms with Gasteiger partial charge in [0, 0.05) is 31.8 Å². The number of hydrogen-bond donors (Lipinski definition) is 2. The molecule has 1 atom stereocenters. The Morgan fingerprint density at radius 2 is 2.17 bits per heavy atom. The van der Waals surface area contributed by atoms with Gasteiger partial charge in [-0.25, -0.2) is 4.79 Å². The van der Waals surface area contributed by atoms with Gasteiger partial charge in [0.1, 0.15) is 0 Å². The van der Waals surface area contributed by atoms with Crippen LogP contribution in [0, 0.1) is 16.0 Å². The highest BCUT2D eigenvalue weighted by atomic mass is 16.6. The van der Waals surface area contributed by atoms with Gasteiger partial charge in [-0.05, 0) is 30.7 Å². The lowest BCUT2D eigenvalue weighted by Gasteiger charge is -2.32. The summed E-state index contributed by atoms with van der Waals surface area (Å²) in [5.74, 6) is 0.276. The maximum absolute atomic E-state index is 12.4. The average Bonchev–Trinajstić information content (AvgIpc) is 2.59. The number of nitrogens with one attached hydrogen (secondary N) is 1. The number of hydrogen-bond acceptors (Lipinski definition) is 4. The Hall–Kier alpha value is -2.15. The number of carbonyl (C=O) groups is 1. The number of piperidine rings is 1. The van der Waals surface area contributed by atoms with Crippen molar-refractivity contribution in [2.75, 3.05) is 19.7 Å².